The summed E-state index contributed by atoms with van der Waals surface area (Å²) < 4.78 is 49.5. The largest absolute Gasteiger partial charge is 0.573 e. The third-order valence-electron chi connectivity index (χ3n) is 7.98. The van der Waals surface area contributed by atoms with Crippen LogP contribution >= 0.6 is 0 Å². The van der Waals surface area contributed by atoms with E-state index < -0.39 is 12.5 Å². The third kappa shape index (κ3) is 6.76. The Bertz CT molecular complexity index is 1510. The van der Waals surface area contributed by atoms with E-state index in [1.807, 2.05) is 18.2 Å². The van der Waals surface area contributed by atoms with E-state index in [1.54, 1.807) is 28.8 Å². The number of benzene rings is 3. The standard InChI is InChI=1S/C32H31F3N4O3/c1-37-20-30(36-21-37)41-31(40)39(16-23-6-5-9-26(14-23)42-32(33,34)35)19-29-27-17-38(18-28(27)29)15-22-10-12-25(13-11-22)24-7-3-2-4-8-24/h2-14,20-21,27-29H,15-19H2,1H3. The molecule has 1 aromatic heterocycles. The number of hydrogen-bond acceptors (Lipinski definition) is 5. The van der Waals surface area contributed by atoms with Gasteiger partial charge in [-0.1, -0.05) is 66.7 Å². The molecule has 0 bridgehead atoms. The fraction of sp³-hybridized carbons (Fsp3) is 0.312. The Hall–Kier alpha value is -4.31. The van der Waals surface area contributed by atoms with E-state index in [-0.39, 0.29) is 18.2 Å². The number of carbonyl (C=O) groups is 1. The van der Waals surface area contributed by atoms with Gasteiger partial charge in [-0.05, 0) is 52.1 Å². The van der Waals surface area contributed by atoms with Crippen LogP contribution in [0.25, 0.3) is 11.1 Å². The molecule has 1 aliphatic carbocycles. The first-order valence-electron chi connectivity index (χ1n) is 13.9. The Kier molecular flexibility index (Phi) is 7.64. The van der Waals surface area contributed by atoms with Gasteiger partial charge in [-0.25, -0.2) is 9.78 Å². The Morgan fingerprint density at radius 3 is 2.33 bits per heavy atom. The van der Waals surface area contributed by atoms with E-state index in [1.165, 1.54) is 41.2 Å². The van der Waals surface area contributed by atoms with Gasteiger partial charge >= 0.3 is 12.5 Å². The van der Waals surface area contributed by atoms with Crippen molar-refractivity contribution in [2.75, 3.05) is 19.6 Å². The molecule has 218 valence electrons. The fourth-order valence-electron chi connectivity index (χ4n) is 5.94. The summed E-state index contributed by atoms with van der Waals surface area (Å²) in [5, 5.41) is 0. The van der Waals surface area contributed by atoms with Crippen molar-refractivity contribution >= 4 is 6.09 Å². The van der Waals surface area contributed by atoms with E-state index in [9.17, 15) is 18.0 Å². The van der Waals surface area contributed by atoms with Gasteiger partial charge in [-0.15, -0.1) is 13.2 Å². The molecule has 7 nitrogen and oxygen atoms in total. The molecule has 1 saturated heterocycles. The number of halogens is 3. The SMILES string of the molecule is Cn1cnc(OC(=O)N(Cc2cccc(OC(F)(F)F)c2)CC2C3CN(Cc4ccc(-c5ccccc5)cc4)CC32)c1. The summed E-state index contributed by atoms with van der Waals surface area (Å²) in [7, 11) is 1.77. The minimum atomic E-state index is -4.79. The summed E-state index contributed by atoms with van der Waals surface area (Å²) in [6, 6.07) is 24.6. The van der Waals surface area contributed by atoms with Crippen LogP contribution in [0.3, 0.4) is 0 Å². The zero-order valence-corrected chi connectivity index (χ0v) is 23.1. The number of nitrogens with zero attached hydrogens (tertiary/aromatic N) is 4. The van der Waals surface area contributed by atoms with Crippen molar-refractivity contribution in [1.29, 1.82) is 0 Å². The molecule has 2 atom stereocenters. The van der Waals surface area contributed by atoms with Crippen molar-refractivity contribution in [2.45, 2.75) is 19.5 Å². The lowest BCUT2D eigenvalue weighted by molar-refractivity contribution is -0.274. The summed E-state index contributed by atoms with van der Waals surface area (Å²) in [5.41, 5.74) is 4.16. The molecule has 42 heavy (non-hydrogen) atoms. The molecule has 0 spiro atoms. The maximum atomic E-state index is 13.2. The van der Waals surface area contributed by atoms with Crippen LogP contribution in [0.4, 0.5) is 18.0 Å². The minimum absolute atomic E-state index is 0.0914. The highest BCUT2D eigenvalue weighted by atomic mass is 19.4. The van der Waals surface area contributed by atoms with Crippen molar-refractivity contribution in [1.82, 2.24) is 19.4 Å². The number of ether oxygens (including phenoxy) is 2. The molecule has 2 heterocycles. The molecule has 2 unspecified atom stereocenters. The Balaban J connectivity index is 1.08. The van der Waals surface area contributed by atoms with Crippen molar-refractivity contribution < 1.29 is 27.4 Å². The normalized spacial score (nSPS) is 19.8. The monoisotopic (exact) mass is 576 g/mol. The molecular weight excluding hydrogens is 545 g/mol. The first kappa shape index (κ1) is 27.8. The second-order valence-corrected chi connectivity index (χ2v) is 11.1. The van der Waals surface area contributed by atoms with Gasteiger partial charge in [0.25, 0.3) is 0 Å². The maximum absolute atomic E-state index is 13.2. The zero-order chi connectivity index (χ0) is 29.3. The van der Waals surface area contributed by atoms with Crippen molar-refractivity contribution in [3.63, 3.8) is 0 Å². The molecule has 6 rings (SSSR count). The molecule has 1 aliphatic heterocycles. The van der Waals surface area contributed by atoms with Crippen molar-refractivity contribution in [3.8, 4) is 22.8 Å². The number of likely N-dealkylation sites (tertiary alicyclic amines) is 1. The lowest BCUT2D eigenvalue weighted by Crippen LogP contribution is -2.36. The van der Waals surface area contributed by atoms with Gasteiger partial charge in [0, 0.05) is 39.8 Å². The quantitative estimate of drug-likeness (QED) is 0.232. The van der Waals surface area contributed by atoms with Gasteiger partial charge in [-0.2, -0.15) is 0 Å². The predicted molar refractivity (Wildman–Crippen MR) is 150 cm³/mol. The second-order valence-electron chi connectivity index (χ2n) is 11.1. The van der Waals surface area contributed by atoms with E-state index in [4.69, 9.17) is 4.74 Å². The molecule has 2 fully saturated rings. The number of amides is 1. The van der Waals surface area contributed by atoms with Gasteiger partial charge in [0.2, 0.25) is 5.88 Å². The van der Waals surface area contributed by atoms with Crippen LogP contribution in [0.15, 0.2) is 91.4 Å². The Morgan fingerprint density at radius 2 is 1.67 bits per heavy atom. The molecule has 10 heteroatoms. The van der Waals surface area contributed by atoms with Gasteiger partial charge in [-0.3, -0.25) is 4.90 Å². The van der Waals surface area contributed by atoms with Gasteiger partial charge in [0.15, 0.2) is 0 Å². The number of hydrogen-bond donors (Lipinski definition) is 0. The third-order valence-corrected chi connectivity index (χ3v) is 7.98. The van der Waals surface area contributed by atoms with Gasteiger partial charge < -0.3 is 18.9 Å². The van der Waals surface area contributed by atoms with Crippen LogP contribution in [0, 0.1) is 17.8 Å². The van der Waals surface area contributed by atoms with E-state index >= 15 is 0 Å². The molecular formula is C32H31F3N4O3. The van der Waals surface area contributed by atoms with Crippen molar-refractivity contribution in [2.24, 2.45) is 24.8 Å². The number of rotatable bonds is 9. The molecule has 1 saturated carbocycles. The van der Waals surface area contributed by atoms with Crippen LogP contribution in [0.5, 0.6) is 11.6 Å². The van der Waals surface area contributed by atoms with Crippen LogP contribution in [-0.4, -0.2) is 51.4 Å². The highest BCUT2D eigenvalue weighted by Gasteiger charge is 2.56. The lowest BCUT2D eigenvalue weighted by Gasteiger charge is -2.25. The summed E-state index contributed by atoms with van der Waals surface area (Å²) in [5.74, 6) is 1.06. The molecule has 1 amide bonds. The van der Waals surface area contributed by atoms with E-state index in [0.29, 0.717) is 29.9 Å². The number of fused-ring (bicyclic) bond motifs is 1. The van der Waals surface area contributed by atoms with E-state index in [0.717, 1.165) is 19.6 Å². The van der Waals surface area contributed by atoms with Crippen LogP contribution in [-0.2, 0) is 20.1 Å². The van der Waals surface area contributed by atoms with E-state index in [2.05, 4.69) is 51.0 Å². The number of aromatic nitrogens is 2. The van der Waals surface area contributed by atoms with Crippen LogP contribution < -0.4 is 9.47 Å². The number of alkyl halides is 3. The first-order valence-corrected chi connectivity index (χ1v) is 13.9. The summed E-state index contributed by atoms with van der Waals surface area (Å²) in [6.07, 6.45) is -2.27. The highest BCUT2D eigenvalue weighted by molar-refractivity contribution is 5.70. The molecule has 0 radical (unpaired) electrons. The molecule has 3 aromatic carbocycles. The number of aryl methyl sites for hydroxylation is 1. The fourth-order valence-corrected chi connectivity index (χ4v) is 5.94. The highest BCUT2D eigenvalue weighted by Crippen LogP contribution is 2.52. The molecule has 2 aliphatic rings. The average Bonchev–Trinajstić information content (AvgIpc) is 3.24. The maximum Gasteiger partial charge on any atom is 0.573 e. The lowest BCUT2D eigenvalue weighted by atomic mass is 10.0. The topological polar surface area (TPSA) is 59.8 Å². The van der Waals surface area contributed by atoms with Crippen molar-refractivity contribution in [3.05, 3.63) is 103 Å². The first-order chi connectivity index (χ1) is 20.2. The molecule has 0 N–H and O–H groups in total. The number of piperidine rings is 1. The number of imidazole rings is 1. The second kappa shape index (κ2) is 11.5. The van der Waals surface area contributed by atoms with Gasteiger partial charge in [0.1, 0.15) is 5.75 Å². The summed E-state index contributed by atoms with van der Waals surface area (Å²) in [4.78, 5) is 21.3. The predicted octanol–water partition coefficient (Wildman–Crippen LogP) is 6.36. The smallest absolute Gasteiger partial charge is 0.406 e. The summed E-state index contributed by atoms with van der Waals surface area (Å²) >= 11 is 0. The zero-order valence-electron chi connectivity index (χ0n) is 23.1. The number of carbonyl (C=O) groups excluding carboxylic acids is 1. The average molecular weight is 577 g/mol. The molecule has 4 aromatic rings. The van der Waals surface area contributed by atoms with Crippen LogP contribution in [0.1, 0.15) is 11.1 Å². The Morgan fingerprint density at radius 1 is 0.952 bits per heavy atom. The van der Waals surface area contributed by atoms with Gasteiger partial charge in [0.05, 0.1) is 12.5 Å². The van der Waals surface area contributed by atoms with Crippen LogP contribution in [0.2, 0.25) is 0 Å². The minimum Gasteiger partial charge on any atom is -0.406 e. The Labute approximate surface area is 242 Å². The summed E-state index contributed by atoms with van der Waals surface area (Å²) in [6.45, 7) is 3.28.